The fourth-order valence-corrected chi connectivity index (χ4v) is 1.83. The summed E-state index contributed by atoms with van der Waals surface area (Å²) in [6.07, 6.45) is 1.26. The van der Waals surface area contributed by atoms with Crippen molar-refractivity contribution >= 4 is 33.9 Å². The van der Waals surface area contributed by atoms with Gasteiger partial charge in [0.1, 0.15) is 5.52 Å². The number of nitrogen functional groups attached to an aromatic ring is 1. The highest BCUT2D eigenvalue weighted by molar-refractivity contribution is 6.36. The molecule has 1 aromatic carbocycles. The van der Waals surface area contributed by atoms with Crippen LogP contribution in [0.5, 0.6) is 0 Å². The molecule has 0 bridgehead atoms. The van der Waals surface area contributed by atoms with Crippen LogP contribution in [0.4, 0.5) is 20.2 Å². The van der Waals surface area contributed by atoms with Crippen LogP contribution >= 0.6 is 11.6 Å². The van der Waals surface area contributed by atoms with Crippen molar-refractivity contribution in [1.82, 2.24) is 4.98 Å². The first-order chi connectivity index (χ1) is 7.56. The van der Waals surface area contributed by atoms with E-state index in [-0.39, 0.29) is 15.9 Å². The second-order valence-corrected chi connectivity index (χ2v) is 3.62. The standard InChI is InChI=1S/C10H8ClF2N3/c1-15-9-6(14)3-16-10-7(9)4(11)2-5(12)8(10)13/h2-3H,14H2,1H3,(H,15,16). The number of aromatic nitrogens is 1. The highest BCUT2D eigenvalue weighted by Gasteiger charge is 2.16. The smallest absolute Gasteiger partial charge is 0.185 e. The Morgan fingerprint density at radius 2 is 2.12 bits per heavy atom. The molecule has 0 radical (unpaired) electrons. The lowest BCUT2D eigenvalue weighted by Gasteiger charge is -2.10. The first kappa shape index (κ1) is 10.9. The highest BCUT2D eigenvalue weighted by atomic mass is 35.5. The van der Waals surface area contributed by atoms with Gasteiger partial charge in [-0.3, -0.25) is 4.98 Å². The Hall–Kier alpha value is -1.62. The number of anilines is 2. The minimum atomic E-state index is -1.03. The maximum atomic E-state index is 13.5. The summed E-state index contributed by atoms with van der Waals surface area (Å²) < 4.78 is 26.6. The van der Waals surface area contributed by atoms with Crippen LogP contribution in [0.15, 0.2) is 12.3 Å². The lowest BCUT2D eigenvalue weighted by Crippen LogP contribution is -2.00. The number of nitrogens with zero attached hydrogens (tertiary/aromatic N) is 1. The predicted molar refractivity (Wildman–Crippen MR) is 60.6 cm³/mol. The Balaban J connectivity index is 2.99. The van der Waals surface area contributed by atoms with Gasteiger partial charge in [0, 0.05) is 12.4 Å². The molecule has 2 aromatic rings. The zero-order valence-electron chi connectivity index (χ0n) is 8.31. The predicted octanol–water partition coefficient (Wildman–Crippen LogP) is 2.79. The van der Waals surface area contributed by atoms with Crippen LogP contribution in [-0.4, -0.2) is 12.0 Å². The third-order valence-corrected chi connectivity index (χ3v) is 2.57. The van der Waals surface area contributed by atoms with Gasteiger partial charge in [0.05, 0.1) is 22.6 Å². The fourth-order valence-electron chi connectivity index (χ4n) is 1.55. The summed E-state index contributed by atoms with van der Waals surface area (Å²) >= 11 is 5.85. The fraction of sp³-hybridized carbons (Fsp3) is 0.100. The summed E-state index contributed by atoms with van der Waals surface area (Å²) in [4.78, 5) is 3.75. The molecular formula is C10H8ClF2N3. The van der Waals surface area contributed by atoms with E-state index in [1.54, 1.807) is 7.05 Å². The number of nitrogens with two attached hydrogens (primary N) is 1. The number of nitrogens with one attached hydrogen (secondary N) is 1. The molecule has 0 aliphatic heterocycles. The third kappa shape index (κ3) is 1.44. The van der Waals surface area contributed by atoms with E-state index in [9.17, 15) is 8.78 Å². The molecule has 16 heavy (non-hydrogen) atoms. The number of hydrogen-bond acceptors (Lipinski definition) is 3. The first-order valence-corrected chi connectivity index (χ1v) is 4.83. The SMILES string of the molecule is CNc1c(N)cnc2c(F)c(F)cc(Cl)c12. The first-order valence-electron chi connectivity index (χ1n) is 4.45. The van der Waals surface area contributed by atoms with Crippen molar-refractivity contribution in [2.75, 3.05) is 18.1 Å². The molecule has 0 aliphatic rings. The number of rotatable bonds is 1. The molecule has 0 fully saturated rings. The van der Waals surface area contributed by atoms with E-state index in [1.807, 2.05) is 0 Å². The van der Waals surface area contributed by atoms with E-state index in [2.05, 4.69) is 10.3 Å². The Morgan fingerprint density at radius 3 is 2.75 bits per heavy atom. The average molecular weight is 244 g/mol. The van der Waals surface area contributed by atoms with E-state index >= 15 is 0 Å². The molecule has 0 spiro atoms. The number of halogens is 3. The molecular weight excluding hydrogens is 236 g/mol. The molecule has 6 heteroatoms. The summed E-state index contributed by atoms with van der Waals surface area (Å²) in [5.74, 6) is -2.06. The number of hydrogen-bond donors (Lipinski definition) is 2. The highest BCUT2D eigenvalue weighted by Crippen LogP contribution is 2.35. The summed E-state index contributed by atoms with van der Waals surface area (Å²) in [7, 11) is 1.61. The molecule has 0 aliphatic carbocycles. The molecule has 3 N–H and O–H groups in total. The normalized spacial score (nSPS) is 10.8. The van der Waals surface area contributed by atoms with Gasteiger partial charge in [0.15, 0.2) is 11.6 Å². The van der Waals surface area contributed by atoms with Crippen LogP contribution in [0.3, 0.4) is 0 Å². The monoisotopic (exact) mass is 243 g/mol. The van der Waals surface area contributed by atoms with Crippen molar-refractivity contribution in [3.05, 3.63) is 28.9 Å². The van der Waals surface area contributed by atoms with E-state index in [0.717, 1.165) is 6.07 Å². The van der Waals surface area contributed by atoms with E-state index in [1.165, 1.54) is 6.20 Å². The van der Waals surface area contributed by atoms with Gasteiger partial charge in [0.25, 0.3) is 0 Å². The minimum Gasteiger partial charge on any atom is -0.396 e. The van der Waals surface area contributed by atoms with Gasteiger partial charge in [-0.2, -0.15) is 0 Å². The molecule has 1 aromatic heterocycles. The zero-order chi connectivity index (χ0) is 11.9. The molecule has 0 amide bonds. The van der Waals surface area contributed by atoms with Gasteiger partial charge in [0.2, 0.25) is 0 Å². The number of pyridine rings is 1. The molecule has 1 heterocycles. The van der Waals surface area contributed by atoms with Crippen LogP contribution in [0, 0.1) is 11.6 Å². The summed E-state index contributed by atoms with van der Waals surface area (Å²) in [6, 6.07) is 0.904. The second kappa shape index (κ2) is 3.75. The van der Waals surface area contributed by atoms with Crippen LogP contribution < -0.4 is 11.1 Å². The Bertz CT molecular complexity index is 572. The molecule has 0 saturated carbocycles. The largest absolute Gasteiger partial charge is 0.396 e. The quantitative estimate of drug-likeness (QED) is 0.758. The summed E-state index contributed by atoms with van der Waals surface area (Å²) in [6.45, 7) is 0. The Morgan fingerprint density at radius 1 is 1.44 bits per heavy atom. The van der Waals surface area contributed by atoms with E-state index in [4.69, 9.17) is 17.3 Å². The van der Waals surface area contributed by atoms with Crippen LogP contribution in [0.1, 0.15) is 0 Å². The Labute approximate surface area is 95.2 Å². The van der Waals surface area contributed by atoms with Crippen molar-refractivity contribution in [2.45, 2.75) is 0 Å². The number of benzene rings is 1. The summed E-state index contributed by atoms with van der Waals surface area (Å²) in [5.41, 5.74) is 6.28. The molecule has 3 nitrogen and oxygen atoms in total. The topological polar surface area (TPSA) is 50.9 Å². The maximum Gasteiger partial charge on any atom is 0.185 e. The third-order valence-electron chi connectivity index (χ3n) is 2.27. The summed E-state index contributed by atoms with van der Waals surface area (Å²) in [5, 5.41) is 3.14. The second-order valence-electron chi connectivity index (χ2n) is 3.22. The minimum absolute atomic E-state index is 0.0676. The van der Waals surface area contributed by atoms with Gasteiger partial charge >= 0.3 is 0 Å². The zero-order valence-corrected chi connectivity index (χ0v) is 9.07. The van der Waals surface area contributed by atoms with Gasteiger partial charge < -0.3 is 11.1 Å². The van der Waals surface area contributed by atoms with Crippen molar-refractivity contribution < 1.29 is 8.78 Å². The molecule has 0 unspecified atom stereocenters. The lowest BCUT2D eigenvalue weighted by molar-refractivity contribution is 0.515. The molecule has 0 atom stereocenters. The molecule has 0 saturated heterocycles. The molecule has 84 valence electrons. The van der Waals surface area contributed by atoms with Crippen LogP contribution in [-0.2, 0) is 0 Å². The van der Waals surface area contributed by atoms with E-state index in [0.29, 0.717) is 11.4 Å². The Kier molecular flexibility index (Phi) is 2.55. The van der Waals surface area contributed by atoms with Crippen LogP contribution in [0.2, 0.25) is 5.02 Å². The molecule has 2 rings (SSSR count). The van der Waals surface area contributed by atoms with Crippen molar-refractivity contribution in [2.24, 2.45) is 0 Å². The van der Waals surface area contributed by atoms with Crippen molar-refractivity contribution in [3.8, 4) is 0 Å². The lowest BCUT2D eigenvalue weighted by atomic mass is 10.1. The maximum absolute atomic E-state index is 13.5. The van der Waals surface area contributed by atoms with Crippen molar-refractivity contribution in [1.29, 1.82) is 0 Å². The van der Waals surface area contributed by atoms with Gasteiger partial charge in [-0.05, 0) is 6.07 Å². The van der Waals surface area contributed by atoms with Gasteiger partial charge in [-0.1, -0.05) is 11.6 Å². The average Bonchev–Trinajstić information content (AvgIpc) is 2.25. The number of fused-ring (bicyclic) bond motifs is 1. The van der Waals surface area contributed by atoms with Crippen LogP contribution in [0.25, 0.3) is 10.9 Å². The van der Waals surface area contributed by atoms with E-state index < -0.39 is 11.6 Å². The van der Waals surface area contributed by atoms with Gasteiger partial charge in [-0.15, -0.1) is 0 Å². The van der Waals surface area contributed by atoms with Gasteiger partial charge in [-0.25, -0.2) is 8.78 Å². The van der Waals surface area contributed by atoms with Crippen molar-refractivity contribution in [3.63, 3.8) is 0 Å².